The summed E-state index contributed by atoms with van der Waals surface area (Å²) in [5.41, 5.74) is 5.19. The Bertz CT molecular complexity index is 173. The monoisotopic (exact) mass is 166 g/mol. The van der Waals surface area contributed by atoms with Crippen LogP contribution in [0.3, 0.4) is 0 Å². The summed E-state index contributed by atoms with van der Waals surface area (Å²) in [6.07, 6.45) is 7.44. The lowest BCUT2D eigenvalue weighted by Crippen LogP contribution is -2.36. The van der Waals surface area contributed by atoms with Crippen molar-refractivity contribution in [2.45, 2.75) is 51.0 Å². The summed E-state index contributed by atoms with van der Waals surface area (Å²) in [4.78, 5) is 0. The smallest absolute Gasteiger partial charge is 0.101 e. The third-order valence-corrected chi connectivity index (χ3v) is 2.69. The molecule has 0 aromatic heterocycles. The highest BCUT2D eigenvalue weighted by molar-refractivity contribution is 5.02. The average Bonchev–Trinajstić information content (AvgIpc) is 2.06. The molecule has 0 aliphatic heterocycles. The van der Waals surface area contributed by atoms with Gasteiger partial charge in [-0.25, -0.2) is 0 Å². The first-order chi connectivity index (χ1) is 5.64. The van der Waals surface area contributed by atoms with Gasteiger partial charge in [-0.15, -0.1) is 0 Å². The standard InChI is InChI=1S/C10H18N2/c1-10(12,8-11)7-9-5-3-2-4-6-9/h9H,2-7,12H2,1H3. The number of nitrogens with two attached hydrogens (primary N) is 1. The van der Waals surface area contributed by atoms with Crippen molar-refractivity contribution in [3.63, 3.8) is 0 Å². The Morgan fingerprint density at radius 2 is 2.00 bits per heavy atom. The lowest BCUT2D eigenvalue weighted by Gasteiger charge is -2.26. The molecule has 1 unspecified atom stereocenters. The molecule has 1 aliphatic rings. The number of nitrogens with zero attached hydrogens (tertiary/aromatic N) is 1. The fourth-order valence-corrected chi connectivity index (χ4v) is 2.04. The normalized spacial score (nSPS) is 24.4. The van der Waals surface area contributed by atoms with Gasteiger partial charge in [0.05, 0.1) is 6.07 Å². The zero-order chi connectivity index (χ0) is 9.03. The van der Waals surface area contributed by atoms with Crippen LogP contribution >= 0.6 is 0 Å². The molecule has 0 aromatic rings. The molecule has 68 valence electrons. The van der Waals surface area contributed by atoms with E-state index >= 15 is 0 Å². The molecule has 1 fully saturated rings. The molecule has 1 atom stereocenters. The van der Waals surface area contributed by atoms with Gasteiger partial charge in [0.1, 0.15) is 5.54 Å². The van der Waals surface area contributed by atoms with Gasteiger partial charge in [0, 0.05) is 0 Å². The van der Waals surface area contributed by atoms with Crippen LogP contribution in [-0.4, -0.2) is 5.54 Å². The van der Waals surface area contributed by atoms with E-state index in [0.717, 1.165) is 6.42 Å². The van der Waals surface area contributed by atoms with E-state index in [1.54, 1.807) is 0 Å². The van der Waals surface area contributed by atoms with E-state index in [2.05, 4.69) is 6.07 Å². The van der Waals surface area contributed by atoms with Crippen molar-refractivity contribution in [3.05, 3.63) is 0 Å². The van der Waals surface area contributed by atoms with Crippen LogP contribution in [0.1, 0.15) is 45.4 Å². The largest absolute Gasteiger partial charge is 0.314 e. The first kappa shape index (κ1) is 9.54. The minimum Gasteiger partial charge on any atom is -0.314 e. The Morgan fingerprint density at radius 1 is 1.42 bits per heavy atom. The molecule has 2 nitrogen and oxygen atoms in total. The zero-order valence-corrected chi connectivity index (χ0v) is 7.84. The highest BCUT2D eigenvalue weighted by atomic mass is 14.7. The minimum atomic E-state index is -0.595. The number of hydrogen-bond donors (Lipinski definition) is 1. The van der Waals surface area contributed by atoms with Gasteiger partial charge in [-0.05, 0) is 19.3 Å². The summed E-state index contributed by atoms with van der Waals surface area (Å²) in [5.74, 6) is 0.702. The molecule has 2 N–H and O–H groups in total. The maximum absolute atomic E-state index is 8.75. The van der Waals surface area contributed by atoms with Gasteiger partial charge in [0.2, 0.25) is 0 Å². The molecule has 0 spiro atoms. The second-order valence-electron chi connectivity index (χ2n) is 4.24. The maximum Gasteiger partial charge on any atom is 0.101 e. The molecule has 12 heavy (non-hydrogen) atoms. The van der Waals surface area contributed by atoms with Crippen LogP contribution < -0.4 is 5.73 Å². The first-order valence-electron chi connectivity index (χ1n) is 4.84. The predicted molar refractivity (Wildman–Crippen MR) is 49.4 cm³/mol. The third-order valence-electron chi connectivity index (χ3n) is 2.69. The van der Waals surface area contributed by atoms with Crippen molar-refractivity contribution in [1.82, 2.24) is 0 Å². The third kappa shape index (κ3) is 2.83. The minimum absolute atomic E-state index is 0.595. The number of rotatable bonds is 2. The fraction of sp³-hybridized carbons (Fsp3) is 0.900. The van der Waals surface area contributed by atoms with Gasteiger partial charge >= 0.3 is 0 Å². The topological polar surface area (TPSA) is 49.8 Å². The van der Waals surface area contributed by atoms with Gasteiger partial charge in [-0.3, -0.25) is 0 Å². The van der Waals surface area contributed by atoms with E-state index < -0.39 is 5.54 Å². The quantitative estimate of drug-likeness (QED) is 0.683. The van der Waals surface area contributed by atoms with E-state index in [4.69, 9.17) is 11.0 Å². The van der Waals surface area contributed by atoms with Crippen molar-refractivity contribution in [1.29, 1.82) is 5.26 Å². The molecule has 0 radical (unpaired) electrons. The summed E-state index contributed by atoms with van der Waals surface area (Å²) in [5, 5.41) is 8.75. The molecule has 0 amide bonds. The van der Waals surface area contributed by atoms with Crippen LogP contribution in [0.4, 0.5) is 0 Å². The summed E-state index contributed by atoms with van der Waals surface area (Å²) < 4.78 is 0. The summed E-state index contributed by atoms with van der Waals surface area (Å²) in [6, 6.07) is 2.17. The second-order valence-corrected chi connectivity index (χ2v) is 4.24. The summed E-state index contributed by atoms with van der Waals surface area (Å²) in [7, 11) is 0. The first-order valence-corrected chi connectivity index (χ1v) is 4.84. The highest BCUT2D eigenvalue weighted by Gasteiger charge is 2.24. The van der Waals surface area contributed by atoms with Gasteiger partial charge in [0.25, 0.3) is 0 Å². The van der Waals surface area contributed by atoms with Crippen LogP contribution in [0.5, 0.6) is 0 Å². The van der Waals surface area contributed by atoms with Crippen molar-refractivity contribution in [2.75, 3.05) is 0 Å². The van der Waals surface area contributed by atoms with Gasteiger partial charge < -0.3 is 5.73 Å². The SMILES string of the molecule is CC(N)(C#N)CC1CCCCC1. The average molecular weight is 166 g/mol. The molecule has 0 heterocycles. The van der Waals surface area contributed by atoms with Crippen LogP contribution in [0, 0.1) is 17.2 Å². The molecule has 1 saturated carbocycles. The predicted octanol–water partition coefficient (Wildman–Crippen LogP) is 2.20. The molecule has 0 saturated heterocycles. The van der Waals surface area contributed by atoms with Crippen LogP contribution in [-0.2, 0) is 0 Å². The molecule has 1 aliphatic carbocycles. The Balaban J connectivity index is 2.35. The Kier molecular flexibility index (Phi) is 3.11. The van der Waals surface area contributed by atoms with Gasteiger partial charge in [0.15, 0.2) is 0 Å². The van der Waals surface area contributed by atoms with Crippen LogP contribution in [0.2, 0.25) is 0 Å². The molecule has 0 bridgehead atoms. The van der Waals surface area contributed by atoms with Crippen LogP contribution in [0.15, 0.2) is 0 Å². The number of hydrogen-bond acceptors (Lipinski definition) is 2. The fourth-order valence-electron chi connectivity index (χ4n) is 2.04. The van der Waals surface area contributed by atoms with E-state index in [1.807, 2.05) is 6.92 Å². The molecule has 2 heteroatoms. The maximum atomic E-state index is 8.75. The molecular formula is C10H18N2. The lowest BCUT2D eigenvalue weighted by atomic mass is 9.81. The van der Waals surface area contributed by atoms with Crippen molar-refractivity contribution >= 4 is 0 Å². The molecular weight excluding hydrogens is 148 g/mol. The van der Waals surface area contributed by atoms with E-state index in [1.165, 1.54) is 32.1 Å². The van der Waals surface area contributed by atoms with Gasteiger partial charge in [-0.2, -0.15) is 5.26 Å². The lowest BCUT2D eigenvalue weighted by molar-refractivity contribution is 0.300. The van der Waals surface area contributed by atoms with Crippen LogP contribution in [0.25, 0.3) is 0 Å². The number of nitriles is 1. The second kappa shape index (κ2) is 3.91. The Hall–Kier alpha value is -0.550. The Morgan fingerprint density at radius 3 is 2.50 bits per heavy atom. The Labute approximate surface area is 74.8 Å². The van der Waals surface area contributed by atoms with E-state index in [9.17, 15) is 0 Å². The summed E-state index contributed by atoms with van der Waals surface area (Å²) in [6.45, 7) is 1.83. The van der Waals surface area contributed by atoms with E-state index in [0.29, 0.717) is 5.92 Å². The molecule has 0 aromatic carbocycles. The van der Waals surface area contributed by atoms with Crippen molar-refractivity contribution in [2.24, 2.45) is 11.7 Å². The zero-order valence-electron chi connectivity index (χ0n) is 7.84. The summed E-state index contributed by atoms with van der Waals surface area (Å²) >= 11 is 0. The van der Waals surface area contributed by atoms with Gasteiger partial charge in [-0.1, -0.05) is 32.1 Å². The van der Waals surface area contributed by atoms with Crippen molar-refractivity contribution in [3.8, 4) is 6.07 Å². The highest BCUT2D eigenvalue weighted by Crippen LogP contribution is 2.29. The molecule has 1 rings (SSSR count). The van der Waals surface area contributed by atoms with Crippen molar-refractivity contribution < 1.29 is 0 Å². The van der Waals surface area contributed by atoms with E-state index in [-0.39, 0.29) is 0 Å².